The van der Waals surface area contributed by atoms with Crippen LogP contribution in [-0.4, -0.2) is 18.3 Å². The summed E-state index contributed by atoms with van der Waals surface area (Å²) < 4.78 is 10.9. The van der Waals surface area contributed by atoms with Crippen molar-refractivity contribution in [2.75, 3.05) is 12.5 Å². The molecule has 27 heavy (non-hydrogen) atoms. The largest absolute Gasteiger partial charge is 0.455 e. The van der Waals surface area contributed by atoms with Crippen LogP contribution in [0.15, 0.2) is 52.0 Å². The highest BCUT2D eigenvalue weighted by atomic mass is 35.5. The predicted octanol–water partition coefficient (Wildman–Crippen LogP) is 4.77. The summed E-state index contributed by atoms with van der Waals surface area (Å²) >= 11 is 5.90. The van der Waals surface area contributed by atoms with Gasteiger partial charge < -0.3 is 9.15 Å². The topological polar surface area (TPSA) is 83.4 Å². The molecule has 0 atom stereocenters. The van der Waals surface area contributed by atoms with Crippen molar-refractivity contribution < 1.29 is 9.15 Å². The Morgan fingerprint density at radius 2 is 2.07 bits per heavy atom. The van der Waals surface area contributed by atoms with Crippen molar-refractivity contribution in [2.24, 2.45) is 5.10 Å². The molecule has 0 amide bonds. The summed E-state index contributed by atoms with van der Waals surface area (Å²) in [6.07, 6.45) is 1.53. The second-order valence-corrected chi connectivity index (χ2v) is 6.21. The van der Waals surface area contributed by atoms with Gasteiger partial charge in [0.1, 0.15) is 23.2 Å². The van der Waals surface area contributed by atoms with Crippen molar-refractivity contribution in [3.8, 4) is 17.4 Å². The standard InChI is InChI=1S/C20H17ClN4O2/c1-13-9-15(12-26-2)18(10-22)20(24-13)25-23-11-17-7-8-19(27-17)14-3-5-16(21)6-4-14/h3-9,11H,12H2,1-2H3,(H,24,25)/b23-11-. The molecule has 0 aliphatic carbocycles. The maximum absolute atomic E-state index is 9.42. The van der Waals surface area contributed by atoms with Gasteiger partial charge >= 0.3 is 0 Å². The van der Waals surface area contributed by atoms with Crippen molar-refractivity contribution in [3.05, 3.63) is 70.1 Å². The number of hydrogen-bond acceptors (Lipinski definition) is 6. The monoisotopic (exact) mass is 380 g/mol. The molecule has 3 aromatic rings. The van der Waals surface area contributed by atoms with Gasteiger partial charge in [0.15, 0.2) is 5.82 Å². The Hall–Kier alpha value is -3.14. The zero-order valence-electron chi connectivity index (χ0n) is 14.9. The van der Waals surface area contributed by atoms with Gasteiger partial charge in [-0.2, -0.15) is 10.4 Å². The van der Waals surface area contributed by atoms with Crippen LogP contribution in [0.5, 0.6) is 0 Å². The lowest BCUT2D eigenvalue weighted by atomic mass is 10.1. The first-order valence-corrected chi connectivity index (χ1v) is 8.53. The lowest BCUT2D eigenvalue weighted by molar-refractivity contribution is 0.184. The number of methoxy groups -OCH3 is 1. The molecule has 2 aromatic heterocycles. The number of anilines is 1. The van der Waals surface area contributed by atoms with Gasteiger partial charge in [0.2, 0.25) is 0 Å². The van der Waals surface area contributed by atoms with Gasteiger partial charge in [-0.3, -0.25) is 5.43 Å². The lowest BCUT2D eigenvalue weighted by Gasteiger charge is -2.08. The first-order chi connectivity index (χ1) is 13.1. The van der Waals surface area contributed by atoms with Gasteiger partial charge in [-0.05, 0) is 49.4 Å². The molecule has 0 unspecified atom stereocenters. The number of benzene rings is 1. The SMILES string of the molecule is COCc1cc(C)nc(N/N=C\c2ccc(-c3ccc(Cl)cc3)o2)c1C#N. The number of nitrogens with one attached hydrogen (secondary N) is 1. The molecule has 0 aliphatic rings. The van der Waals surface area contributed by atoms with Crippen LogP contribution in [0.2, 0.25) is 5.02 Å². The Morgan fingerprint density at radius 3 is 2.78 bits per heavy atom. The fourth-order valence-electron chi connectivity index (χ4n) is 2.56. The molecule has 1 aromatic carbocycles. The van der Waals surface area contributed by atoms with E-state index in [0.29, 0.717) is 34.5 Å². The number of ether oxygens (including phenoxy) is 1. The van der Waals surface area contributed by atoms with Crippen LogP contribution in [0.25, 0.3) is 11.3 Å². The van der Waals surface area contributed by atoms with Gasteiger partial charge in [0.05, 0.1) is 12.8 Å². The molecular weight excluding hydrogens is 364 g/mol. The number of hydrogen-bond donors (Lipinski definition) is 1. The summed E-state index contributed by atoms with van der Waals surface area (Å²) in [6, 6.07) is 15.0. The second kappa shape index (κ2) is 8.49. The highest BCUT2D eigenvalue weighted by molar-refractivity contribution is 6.30. The summed E-state index contributed by atoms with van der Waals surface area (Å²) in [5.74, 6) is 1.66. The Morgan fingerprint density at radius 1 is 1.30 bits per heavy atom. The molecule has 3 rings (SSSR count). The van der Waals surface area contributed by atoms with Crippen molar-refractivity contribution in [3.63, 3.8) is 0 Å². The van der Waals surface area contributed by atoms with Crippen LogP contribution >= 0.6 is 11.6 Å². The maximum Gasteiger partial charge on any atom is 0.164 e. The summed E-state index contributed by atoms with van der Waals surface area (Å²) in [4.78, 5) is 4.33. The number of aromatic nitrogens is 1. The first kappa shape index (κ1) is 18.6. The Bertz CT molecular complexity index is 1000. The Kier molecular flexibility index (Phi) is 5.87. The third-order valence-electron chi connectivity index (χ3n) is 3.76. The average Bonchev–Trinajstić information content (AvgIpc) is 3.11. The Balaban J connectivity index is 1.77. The minimum absolute atomic E-state index is 0.327. The fourth-order valence-corrected chi connectivity index (χ4v) is 2.69. The molecule has 0 saturated carbocycles. The van der Waals surface area contributed by atoms with E-state index >= 15 is 0 Å². The van der Waals surface area contributed by atoms with E-state index in [1.54, 1.807) is 25.3 Å². The molecule has 0 saturated heterocycles. The Labute approximate surface area is 162 Å². The minimum atomic E-state index is 0.327. The normalized spacial score (nSPS) is 10.9. The zero-order chi connectivity index (χ0) is 19.2. The summed E-state index contributed by atoms with van der Waals surface area (Å²) in [5, 5.41) is 14.2. The maximum atomic E-state index is 9.42. The molecule has 0 spiro atoms. The van der Waals surface area contributed by atoms with Gasteiger partial charge in [-0.15, -0.1) is 0 Å². The van der Waals surface area contributed by atoms with Gasteiger partial charge in [-0.1, -0.05) is 11.6 Å². The summed E-state index contributed by atoms with van der Waals surface area (Å²) in [5.41, 5.74) is 5.66. The van der Waals surface area contributed by atoms with Crippen LogP contribution < -0.4 is 5.43 Å². The fraction of sp³-hybridized carbons (Fsp3) is 0.150. The van der Waals surface area contributed by atoms with E-state index < -0.39 is 0 Å². The number of nitriles is 1. The van der Waals surface area contributed by atoms with Crippen LogP contribution in [0.4, 0.5) is 5.82 Å². The van der Waals surface area contributed by atoms with Gasteiger partial charge in [0.25, 0.3) is 0 Å². The van der Waals surface area contributed by atoms with Crippen molar-refractivity contribution in [1.82, 2.24) is 4.98 Å². The molecule has 0 bridgehead atoms. The third kappa shape index (κ3) is 4.53. The predicted molar refractivity (Wildman–Crippen MR) is 105 cm³/mol. The zero-order valence-corrected chi connectivity index (χ0v) is 15.6. The minimum Gasteiger partial charge on any atom is -0.455 e. The molecule has 0 fully saturated rings. The quantitative estimate of drug-likeness (QED) is 0.492. The van der Waals surface area contributed by atoms with E-state index in [0.717, 1.165) is 16.8 Å². The lowest BCUT2D eigenvalue weighted by Crippen LogP contribution is -2.03. The molecule has 6 nitrogen and oxygen atoms in total. The average molecular weight is 381 g/mol. The molecule has 136 valence electrons. The number of aryl methyl sites for hydroxylation is 1. The highest BCUT2D eigenvalue weighted by Gasteiger charge is 2.11. The number of nitrogens with zero attached hydrogens (tertiary/aromatic N) is 3. The first-order valence-electron chi connectivity index (χ1n) is 8.15. The van der Waals surface area contributed by atoms with Crippen LogP contribution in [-0.2, 0) is 11.3 Å². The second-order valence-electron chi connectivity index (χ2n) is 5.77. The molecule has 0 aliphatic heterocycles. The van der Waals surface area contributed by atoms with Crippen molar-refractivity contribution in [2.45, 2.75) is 13.5 Å². The van der Waals surface area contributed by atoms with E-state index in [1.165, 1.54) is 6.21 Å². The number of rotatable bonds is 6. The van der Waals surface area contributed by atoms with E-state index in [9.17, 15) is 5.26 Å². The van der Waals surface area contributed by atoms with Gasteiger partial charge in [0, 0.05) is 29.0 Å². The number of hydrazone groups is 1. The van der Waals surface area contributed by atoms with Crippen molar-refractivity contribution in [1.29, 1.82) is 5.26 Å². The molecular formula is C20H17ClN4O2. The van der Waals surface area contributed by atoms with E-state index in [4.69, 9.17) is 20.8 Å². The molecule has 1 N–H and O–H groups in total. The summed E-state index contributed by atoms with van der Waals surface area (Å²) in [7, 11) is 1.58. The number of pyridine rings is 1. The smallest absolute Gasteiger partial charge is 0.164 e. The summed E-state index contributed by atoms with van der Waals surface area (Å²) in [6.45, 7) is 2.17. The van der Waals surface area contributed by atoms with Gasteiger partial charge in [-0.25, -0.2) is 4.98 Å². The van der Waals surface area contributed by atoms with Crippen LogP contribution in [0.3, 0.4) is 0 Å². The molecule has 0 radical (unpaired) electrons. The highest BCUT2D eigenvalue weighted by Crippen LogP contribution is 2.23. The van der Waals surface area contributed by atoms with Crippen molar-refractivity contribution >= 4 is 23.6 Å². The van der Waals surface area contributed by atoms with E-state index in [2.05, 4.69) is 21.6 Å². The van der Waals surface area contributed by atoms with E-state index in [1.807, 2.05) is 31.2 Å². The third-order valence-corrected chi connectivity index (χ3v) is 4.01. The van der Waals surface area contributed by atoms with E-state index in [-0.39, 0.29) is 0 Å². The van der Waals surface area contributed by atoms with Crippen LogP contribution in [0.1, 0.15) is 22.6 Å². The number of halogens is 1. The van der Waals surface area contributed by atoms with Crippen LogP contribution in [0, 0.1) is 18.3 Å². The number of furan rings is 1. The molecule has 7 heteroatoms. The molecule has 2 heterocycles.